The van der Waals surface area contributed by atoms with Crippen molar-refractivity contribution in [3.63, 3.8) is 0 Å². The molecule has 86 valence electrons. The number of hydrogen-bond donors (Lipinski definition) is 0. The maximum Gasteiger partial charge on any atom is 0.142 e. The molecule has 0 atom stereocenters. The summed E-state index contributed by atoms with van der Waals surface area (Å²) in [6, 6.07) is 6.38. The van der Waals surface area contributed by atoms with Gasteiger partial charge in [-0.3, -0.25) is 4.79 Å². The predicted molar refractivity (Wildman–Crippen MR) is 69.7 cm³/mol. The van der Waals surface area contributed by atoms with E-state index in [4.69, 9.17) is 0 Å². The molecule has 0 fully saturated rings. The van der Waals surface area contributed by atoms with Gasteiger partial charge >= 0.3 is 0 Å². The maximum absolute atomic E-state index is 10.5. The Morgan fingerprint density at radius 1 is 1.00 bits per heavy atom. The van der Waals surface area contributed by atoms with Gasteiger partial charge in [-0.05, 0) is 34.6 Å². The second-order valence-corrected chi connectivity index (χ2v) is 4.65. The highest BCUT2D eigenvalue weighted by molar-refractivity contribution is 5.75. The van der Waals surface area contributed by atoms with Crippen LogP contribution in [0.4, 0.5) is 0 Å². The Balaban J connectivity index is 3.34. The third-order valence-electron chi connectivity index (χ3n) is 2.76. The fourth-order valence-corrected chi connectivity index (χ4v) is 1.94. The molecule has 0 N–H and O–H groups in total. The first-order chi connectivity index (χ1) is 7.57. The van der Waals surface area contributed by atoms with Crippen molar-refractivity contribution in [1.29, 1.82) is 0 Å². The van der Waals surface area contributed by atoms with Crippen molar-refractivity contribution in [3.8, 4) is 0 Å². The van der Waals surface area contributed by atoms with E-state index in [1.165, 1.54) is 16.7 Å². The number of carbonyl (C=O) groups excluding carboxylic acids is 1. The fourth-order valence-electron chi connectivity index (χ4n) is 1.94. The van der Waals surface area contributed by atoms with E-state index in [1.807, 2.05) is 6.08 Å². The Kier molecular flexibility index (Phi) is 4.48. The highest BCUT2D eigenvalue weighted by atomic mass is 16.1. The van der Waals surface area contributed by atoms with E-state index in [-0.39, 0.29) is 0 Å². The topological polar surface area (TPSA) is 17.1 Å². The molecule has 1 aromatic rings. The minimum atomic E-state index is 0.477. The summed E-state index contributed by atoms with van der Waals surface area (Å²) in [6.07, 6.45) is 4.34. The SMILES string of the molecule is CC(C)c1cccc(C(C)C)c1C=CC=O. The second-order valence-electron chi connectivity index (χ2n) is 4.65. The minimum absolute atomic E-state index is 0.477. The van der Waals surface area contributed by atoms with Crippen molar-refractivity contribution < 1.29 is 4.79 Å². The first kappa shape index (κ1) is 12.7. The molecule has 0 unspecified atom stereocenters. The van der Waals surface area contributed by atoms with E-state index in [2.05, 4.69) is 45.9 Å². The molecule has 0 radical (unpaired) electrons. The van der Waals surface area contributed by atoms with Gasteiger partial charge < -0.3 is 0 Å². The minimum Gasteiger partial charge on any atom is -0.299 e. The fraction of sp³-hybridized carbons (Fsp3) is 0.400. The van der Waals surface area contributed by atoms with E-state index < -0.39 is 0 Å². The Hall–Kier alpha value is -1.37. The summed E-state index contributed by atoms with van der Waals surface area (Å²) in [5.41, 5.74) is 3.83. The molecule has 0 aromatic heterocycles. The second kappa shape index (κ2) is 5.64. The average molecular weight is 216 g/mol. The lowest BCUT2D eigenvalue weighted by Gasteiger charge is -2.16. The van der Waals surface area contributed by atoms with Crippen LogP contribution in [0.1, 0.15) is 56.2 Å². The van der Waals surface area contributed by atoms with E-state index in [9.17, 15) is 4.79 Å². The third kappa shape index (κ3) is 2.82. The molecule has 1 rings (SSSR count). The number of allylic oxidation sites excluding steroid dienone is 1. The van der Waals surface area contributed by atoms with Crippen LogP contribution in [-0.2, 0) is 4.79 Å². The van der Waals surface area contributed by atoms with Crippen molar-refractivity contribution in [2.45, 2.75) is 39.5 Å². The van der Waals surface area contributed by atoms with Gasteiger partial charge in [0, 0.05) is 0 Å². The molecular weight excluding hydrogens is 196 g/mol. The number of aldehydes is 1. The molecule has 0 amide bonds. The van der Waals surface area contributed by atoms with Crippen LogP contribution in [-0.4, -0.2) is 6.29 Å². The lowest BCUT2D eigenvalue weighted by atomic mass is 9.88. The largest absolute Gasteiger partial charge is 0.299 e. The van der Waals surface area contributed by atoms with Crippen molar-refractivity contribution in [2.75, 3.05) is 0 Å². The Morgan fingerprint density at radius 3 is 1.88 bits per heavy atom. The third-order valence-corrected chi connectivity index (χ3v) is 2.76. The number of rotatable bonds is 4. The first-order valence-electron chi connectivity index (χ1n) is 5.82. The Labute approximate surface area is 98.2 Å². The van der Waals surface area contributed by atoms with Crippen LogP contribution in [0.15, 0.2) is 24.3 Å². The molecule has 0 aliphatic carbocycles. The molecule has 1 heteroatoms. The van der Waals surface area contributed by atoms with Gasteiger partial charge in [0.05, 0.1) is 0 Å². The average Bonchev–Trinajstić information content (AvgIpc) is 2.25. The van der Waals surface area contributed by atoms with Gasteiger partial charge in [-0.25, -0.2) is 0 Å². The molecule has 0 aliphatic rings. The van der Waals surface area contributed by atoms with Crippen LogP contribution < -0.4 is 0 Å². The predicted octanol–water partition coefficient (Wildman–Crippen LogP) is 4.15. The lowest BCUT2D eigenvalue weighted by molar-refractivity contribution is -0.104. The quantitative estimate of drug-likeness (QED) is 0.546. The smallest absolute Gasteiger partial charge is 0.142 e. The van der Waals surface area contributed by atoms with Gasteiger partial charge in [0.15, 0.2) is 0 Å². The van der Waals surface area contributed by atoms with E-state index in [0.29, 0.717) is 11.8 Å². The number of carbonyl (C=O) groups is 1. The molecule has 0 spiro atoms. The zero-order chi connectivity index (χ0) is 12.1. The summed E-state index contributed by atoms with van der Waals surface area (Å²) >= 11 is 0. The van der Waals surface area contributed by atoms with Crippen LogP contribution >= 0.6 is 0 Å². The Morgan fingerprint density at radius 2 is 1.50 bits per heavy atom. The molecular formula is C15H20O. The van der Waals surface area contributed by atoms with E-state index in [0.717, 1.165) is 6.29 Å². The van der Waals surface area contributed by atoms with Gasteiger partial charge in [0.2, 0.25) is 0 Å². The van der Waals surface area contributed by atoms with Crippen LogP contribution in [0.3, 0.4) is 0 Å². The zero-order valence-corrected chi connectivity index (χ0v) is 10.5. The molecule has 0 heterocycles. The van der Waals surface area contributed by atoms with Crippen molar-refractivity contribution in [1.82, 2.24) is 0 Å². The van der Waals surface area contributed by atoms with Gasteiger partial charge in [-0.15, -0.1) is 0 Å². The highest BCUT2D eigenvalue weighted by Gasteiger charge is 2.10. The molecule has 0 saturated carbocycles. The number of benzene rings is 1. The van der Waals surface area contributed by atoms with Gasteiger partial charge in [0.1, 0.15) is 6.29 Å². The lowest BCUT2D eigenvalue weighted by Crippen LogP contribution is -1.99. The van der Waals surface area contributed by atoms with Gasteiger partial charge in [-0.2, -0.15) is 0 Å². The van der Waals surface area contributed by atoms with Crippen molar-refractivity contribution >= 4 is 12.4 Å². The normalized spacial score (nSPS) is 11.6. The number of hydrogen-bond acceptors (Lipinski definition) is 1. The molecule has 0 bridgehead atoms. The van der Waals surface area contributed by atoms with Crippen LogP contribution in [0.25, 0.3) is 6.08 Å². The van der Waals surface area contributed by atoms with Crippen molar-refractivity contribution in [2.24, 2.45) is 0 Å². The molecule has 1 aromatic carbocycles. The monoisotopic (exact) mass is 216 g/mol. The van der Waals surface area contributed by atoms with Crippen molar-refractivity contribution in [3.05, 3.63) is 41.0 Å². The summed E-state index contributed by atoms with van der Waals surface area (Å²) in [4.78, 5) is 10.5. The molecule has 16 heavy (non-hydrogen) atoms. The van der Waals surface area contributed by atoms with Gasteiger partial charge in [0.25, 0.3) is 0 Å². The summed E-state index contributed by atoms with van der Waals surface area (Å²) in [5.74, 6) is 0.954. The highest BCUT2D eigenvalue weighted by Crippen LogP contribution is 2.28. The van der Waals surface area contributed by atoms with E-state index >= 15 is 0 Å². The van der Waals surface area contributed by atoms with Crippen LogP contribution in [0.2, 0.25) is 0 Å². The van der Waals surface area contributed by atoms with E-state index in [1.54, 1.807) is 6.08 Å². The first-order valence-corrected chi connectivity index (χ1v) is 5.82. The Bertz CT molecular complexity index is 360. The maximum atomic E-state index is 10.5. The standard InChI is InChI=1S/C15H20O/c1-11(2)13-7-5-8-14(12(3)4)15(13)9-6-10-16/h5-12H,1-4H3. The summed E-state index contributed by atoms with van der Waals surface area (Å²) in [5, 5.41) is 0. The molecule has 0 aliphatic heterocycles. The van der Waals surface area contributed by atoms with Crippen LogP contribution in [0, 0.1) is 0 Å². The van der Waals surface area contributed by atoms with Crippen LogP contribution in [0.5, 0.6) is 0 Å². The summed E-state index contributed by atoms with van der Waals surface area (Å²) in [7, 11) is 0. The summed E-state index contributed by atoms with van der Waals surface area (Å²) in [6.45, 7) is 8.71. The molecule has 0 saturated heterocycles. The zero-order valence-electron chi connectivity index (χ0n) is 10.5. The van der Waals surface area contributed by atoms with Gasteiger partial charge in [-0.1, -0.05) is 52.0 Å². The molecule has 1 nitrogen and oxygen atoms in total. The summed E-state index contributed by atoms with van der Waals surface area (Å²) < 4.78 is 0.